The molecule has 0 aliphatic heterocycles. The normalized spacial score (nSPS) is 10.8. The molecule has 0 saturated heterocycles. The molecule has 1 aromatic heterocycles. The topological polar surface area (TPSA) is 46.9 Å². The van der Waals surface area contributed by atoms with Crippen molar-refractivity contribution < 1.29 is 4.79 Å². The largest absolute Gasteiger partial charge is 0.320 e. The first-order chi connectivity index (χ1) is 17.0. The average molecular weight is 458 g/mol. The molecule has 0 radical (unpaired) electrons. The Balaban J connectivity index is 1.55. The van der Waals surface area contributed by atoms with Gasteiger partial charge in [0, 0.05) is 11.3 Å². The fourth-order valence-corrected chi connectivity index (χ4v) is 4.29. The van der Waals surface area contributed by atoms with Crippen LogP contribution in [0.3, 0.4) is 0 Å². The number of nitrogens with zero attached hydrogens (tertiary/aromatic N) is 2. The standard InChI is InChI=1S/C31H27N3O/c1-21-13-18-27(23(3)19-21)32-31(35)28-20-30(34(33-28)29-12-8-7-9-22(29)2)26-16-14-25(15-17-26)24-10-5-4-6-11-24/h4-20H,1-3H3,(H,32,35). The molecule has 0 spiro atoms. The van der Waals surface area contributed by atoms with Gasteiger partial charge in [-0.25, -0.2) is 4.68 Å². The van der Waals surface area contributed by atoms with E-state index in [1.54, 1.807) is 0 Å². The Hall–Kier alpha value is -4.44. The zero-order valence-corrected chi connectivity index (χ0v) is 20.1. The molecule has 0 atom stereocenters. The van der Waals surface area contributed by atoms with Crippen LogP contribution >= 0.6 is 0 Å². The van der Waals surface area contributed by atoms with Crippen molar-refractivity contribution in [2.24, 2.45) is 0 Å². The van der Waals surface area contributed by atoms with E-state index in [1.807, 2.05) is 73.1 Å². The van der Waals surface area contributed by atoms with E-state index >= 15 is 0 Å². The van der Waals surface area contributed by atoms with Crippen molar-refractivity contribution in [3.8, 4) is 28.1 Å². The summed E-state index contributed by atoms with van der Waals surface area (Å²) in [5.74, 6) is -0.230. The molecular weight excluding hydrogens is 430 g/mol. The van der Waals surface area contributed by atoms with Crippen LogP contribution in [0, 0.1) is 20.8 Å². The number of aryl methyl sites for hydroxylation is 3. The van der Waals surface area contributed by atoms with Crippen LogP contribution in [0.4, 0.5) is 5.69 Å². The first kappa shape index (κ1) is 22.4. The highest BCUT2D eigenvalue weighted by Crippen LogP contribution is 2.29. The van der Waals surface area contributed by atoms with Gasteiger partial charge in [-0.1, -0.05) is 90.5 Å². The summed E-state index contributed by atoms with van der Waals surface area (Å²) in [6.07, 6.45) is 0. The molecule has 172 valence electrons. The van der Waals surface area contributed by atoms with Crippen molar-refractivity contribution in [1.82, 2.24) is 9.78 Å². The number of nitrogens with one attached hydrogen (secondary N) is 1. The van der Waals surface area contributed by atoms with Gasteiger partial charge >= 0.3 is 0 Å². The summed E-state index contributed by atoms with van der Waals surface area (Å²) < 4.78 is 1.86. The summed E-state index contributed by atoms with van der Waals surface area (Å²) in [4.78, 5) is 13.2. The third-order valence-electron chi connectivity index (χ3n) is 6.20. The van der Waals surface area contributed by atoms with Gasteiger partial charge in [0.2, 0.25) is 0 Å². The SMILES string of the molecule is Cc1ccc(NC(=O)c2cc(-c3ccc(-c4ccccc4)cc3)n(-c3ccccc3C)n2)c(C)c1. The zero-order valence-electron chi connectivity index (χ0n) is 20.1. The Morgan fingerprint density at radius 2 is 1.34 bits per heavy atom. The predicted octanol–water partition coefficient (Wildman–Crippen LogP) is 7.38. The number of benzene rings is 4. The Bertz CT molecular complexity index is 1500. The van der Waals surface area contributed by atoms with Gasteiger partial charge in [0.1, 0.15) is 0 Å². The third kappa shape index (κ3) is 4.64. The number of carbonyl (C=O) groups is 1. The van der Waals surface area contributed by atoms with Crippen LogP contribution in [0.15, 0.2) is 103 Å². The van der Waals surface area contributed by atoms with Gasteiger partial charge in [0.25, 0.3) is 5.91 Å². The molecule has 0 saturated carbocycles. The molecule has 4 aromatic carbocycles. The smallest absolute Gasteiger partial charge is 0.276 e. The van der Waals surface area contributed by atoms with Gasteiger partial charge in [-0.2, -0.15) is 5.10 Å². The highest BCUT2D eigenvalue weighted by Gasteiger charge is 2.18. The number of anilines is 1. The molecule has 0 unspecified atom stereocenters. The number of hydrogen-bond donors (Lipinski definition) is 1. The van der Waals surface area contributed by atoms with Crippen molar-refractivity contribution in [1.29, 1.82) is 0 Å². The van der Waals surface area contributed by atoms with E-state index in [9.17, 15) is 4.79 Å². The van der Waals surface area contributed by atoms with Crippen LogP contribution in [0.25, 0.3) is 28.1 Å². The van der Waals surface area contributed by atoms with Gasteiger partial charge in [-0.3, -0.25) is 4.79 Å². The maximum atomic E-state index is 13.2. The molecule has 5 aromatic rings. The summed E-state index contributed by atoms with van der Waals surface area (Å²) in [5.41, 5.74) is 9.54. The summed E-state index contributed by atoms with van der Waals surface area (Å²) in [7, 11) is 0. The Labute approximate surface area is 205 Å². The fraction of sp³-hybridized carbons (Fsp3) is 0.0968. The number of aromatic nitrogens is 2. The minimum atomic E-state index is -0.230. The van der Waals surface area contributed by atoms with Gasteiger partial charge < -0.3 is 5.32 Å². The molecular formula is C31H27N3O. The van der Waals surface area contributed by atoms with E-state index in [-0.39, 0.29) is 5.91 Å². The number of amides is 1. The zero-order chi connectivity index (χ0) is 24.4. The first-order valence-electron chi connectivity index (χ1n) is 11.7. The van der Waals surface area contributed by atoms with Crippen LogP contribution in [-0.4, -0.2) is 15.7 Å². The fourth-order valence-electron chi connectivity index (χ4n) is 4.29. The lowest BCUT2D eigenvalue weighted by molar-refractivity contribution is 0.102. The van der Waals surface area contributed by atoms with Crippen LogP contribution in [0.2, 0.25) is 0 Å². The minimum Gasteiger partial charge on any atom is -0.320 e. The number of rotatable bonds is 5. The lowest BCUT2D eigenvalue weighted by Crippen LogP contribution is -2.14. The van der Waals surface area contributed by atoms with E-state index in [4.69, 9.17) is 5.10 Å². The number of para-hydroxylation sites is 1. The van der Waals surface area contributed by atoms with Crippen molar-refractivity contribution in [3.63, 3.8) is 0 Å². The molecule has 1 N–H and O–H groups in total. The summed E-state index contributed by atoms with van der Waals surface area (Å²) in [6, 6.07) is 34.6. The molecule has 0 fully saturated rings. The van der Waals surface area contributed by atoms with Gasteiger partial charge in [-0.15, -0.1) is 0 Å². The summed E-state index contributed by atoms with van der Waals surface area (Å²) in [5, 5.41) is 7.77. The van der Waals surface area contributed by atoms with Crippen molar-refractivity contribution in [2.45, 2.75) is 20.8 Å². The van der Waals surface area contributed by atoms with Gasteiger partial charge in [0.05, 0.1) is 11.4 Å². The second-order valence-electron chi connectivity index (χ2n) is 8.83. The van der Waals surface area contributed by atoms with Gasteiger partial charge in [0.15, 0.2) is 5.69 Å². The van der Waals surface area contributed by atoms with Crippen LogP contribution in [0.1, 0.15) is 27.2 Å². The van der Waals surface area contributed by atoms with Crippen molar-refractivity contribution in [2.75, 3.05) is 5.32 Å². The van der Waals surface area contributed by atoms with Gasteiger partial charge in [-0.05, 0) is 61.2 Å². The second-order valence-corrected chi connectivity index (χ2v) is 8.83. The molecule has 1 amide bonds. The maximum absolute atomic E-state index is 13.2. The summed E-state index contributed by atoms with van der Waals surface area (Å²) >= 11 is 0. The molecule has 0 aliphatic rings. The molecule has 4 nitrogen and oxygen atoms in total. The van der Waals surface area contributed by atoms with E-state index in [2.05, 4.69) is 60.8 Å². The number of carbonyl (C=O) groups excluding carboxylic acids is 1. The lowest BCUT2D eigenvalue weighted by atomic mass is 10.0. The molecule has 35 heavy (non-hydrogen) atoms. The van der Waals surface area contributed by atoms with Crippen LogP contribution < -0.4 is 5.32 Å². The van der Waals surface area contributed by atoms with E-state index < -0.39 is 0 Å². The molecule has 4 heteroatoms. The second kappa shape index (κ2) is 9.43. The van der Waals surface area contributed by atoms with E-state index in [0.717, 1.165) is 44.9 Å². The predicted molar refractivity (Wildman–Crippen MR) is 143 cm³/mol. The Kier molecular flexibility index (Phi) is 6.02. The third-order valence-corrected chi connectivity index (χ3v) is 6.20. The minimum absolute atomic E-state index is 0.230. The molecule has 0 aliphatic carbocycles. The molecule has 1 heterocycles. The average Bonchev–Trinajstić information content (AvgIpc) is 3.32. The van der Waals surface area contributed by atoms with Crippen LogP contribution in [-0.2, 0) is 0 Å². The van der Waals surface area contributed by atoms with E-state index in [1.165, 1.54) is 5.56 Å². The number of hydrogen-bond acceptors (Lipinski definition) is 2. The van der Waals surface area contributed by atoms with E-state index in [0.29, 0.717) is 5.69 Å². The van der Waals surface area contributed by atoms with Crippen LogP contribution in [0.5, 0.6) is 0 Å². The molecule has 5 rings (SSSR count). The Morgan fingerprint density at radius 1 is 0.686 bits per heavy atom. The highest BCUT2D eigenvalue weighted by atomic mass is 16.2. The quantitative estimate of drug-likeness (QED) is 0.299. The highest BCUT2D eigenvalue weighted by molar-refractivity contribution is 6.04. The first-order valence-corrected chi connectivity index (χ1v) is 11.7. The Morgan fingerprint density at radius 3 is 2.06 bits per heavy atom. The molecule has 0 bridgehead atoms. The summed E-state index contributed by atoms with van der Waals surface area (Å²) in [6.45, 7) is 6.08. The maximum Gasteiger partial charge on any atom is 0.276 e. The lowest BCUT2D eigenvalue weighted by Gasteiger charge is -2.11. The van der Waals surface area contributed by atoms with Crippen molar-refractivity contribution >= 4 is 11.6 Å². The monoisotopic (exact) mass is 457 g/mol. The van der Waals surface area contributed by atoms with Crippen molar-refractivity contribution in [3.05, 3.63) is 126 Å².